The molecule has 7 heteroatoms. The second-order valence-electron chi connectivity index (χ2n) is 3.34. The summed E-state index contributed by atoms with van der Waals surface area (Å²) in [5.41, 5.74) is 0. The number of rotatable bonds is 10. The van der Waals surface area contributed by atoms with Crippen molar-refractivity contribution in [1.82, 2.24) is 0 Å². The standard InChI is InChI=1S/C10H22O5SSi/c1-12-10(11)6-8-16-7-5-9-17(13-2,14-3)15-4/h5-9H2,1-4H3. The van der Waals surface area contributed by atoms with Gasteiger partial charge >= 0.3 is 14.8 Å². The summed E-state index contributed by atoms with van der Waals surface area (Å²) >= 11 is 1.72. The largest absolute Gasteiger partial charge is 0.500 e. The molecule has 0 aromatic heterocycles. The monoisotopic (exact) mass is 282 g/mol. The van der Waals surface area contributed by atoms with E-state index in [2.05, 4.69) is 4.74 Å². The van der Waals surface area contributed by atoms with Crippen molar-refractivity contribution in [2.75, 3.05) is 39.9 Å². The molecule has 0 N–H and O–H groups in total. The van der Waals surface area contributed by atoms with E-state index < -0.39 is 8.80 Å². The van der Waals surface area contributed by atoms with Gasteiger partial charge in [0.25, 0.3) is 0 Å². The lowest BCUT2D eigenvalue weighted by Gasteiger charge is -2.24. The summed E-state index contributed by atoms with van der Waals surface area (Å²) in [5.74, 6) is 1.59. The molecule has 0 amide bonds. The molecule has 0 aromatic carbocycles. The fraction of sp³-hybridized carbons (Fsp3) is 0.900. The van der Waals surface area contributed by atoms with Crippen LogP contribution in [0.2, 0.25) is 6.04 Å². The molecule has 0 aliphatic rings. The number of esters is 1. The molecule has 102 valence electrons. The van der Waals surface area contributed by atoms with Crippen molar-refractivity contribution < 1.29 is 22.8 Å². The molecule has 0 saturated heterocycles. The number of methoxy groups -OCH3 is 1. The van der Waals surface area contributed by atoms with Gasteiger partial charge in [-0.05, 0) is 12.2 Å². The number of ether oxygens (including phenoxy) is 1. The van der Waals surface area contributed by atoms with Gasteiger partial charge in [-0.15, -0.1) is 0 Å². The second-order valence-corrected chi connectivity index (χ2v) is 7.65. The van der Waals surface area contributed by atoms with Crippen LogP contribution in [0.25, 0.3) is 0 Å². The number of carbonyl (C=O) groups excluding carboxylic acids is 1. The summed E-state index contributed by atoms with van der Waals surface area (Å²) in [4.78, 5) is 10.9. The Kier molecular flexibility index (Phi) is 9.85. The third kappa shape index (κ3) is 7.05. The van der Waals surface area contributed by atoms with E-state index in [4.69, 9.17) is 13.3 Å². The molecule has 5 nitrogen and oxygen atoms in total. The highest BCUT2D eigenvalue weighted by molar-refractivity contribution is 7.99. The van der Waals surface area contributed by atoms with Gasteiger partial charge in [0.2, 0.25) is 0 Å². The van der Waals surface area contributed by atoms with Crippen LogP contribution in [0.3, 0.4) is 0 Å². The zero-order chi connectivity index (χ0) is 13.1. The van der Waals surface area contributed by atoms with Gasteiger partial charge < -0.3 is 18.0 Å². The zero-order valence-corrected chi connectivity index (χ0v) is 12.8. The summed E-state index contributed by atoms with van der Waals surface area (Å²) in [7, 11) is 3.84. The van der Waals surface area contributed by atoms with Crippen LogP contribution in [-0.2, 0) is 22.8 Å². The number of hydrogen-bond donors (Lipinski definition) is 0. The average Bonchev–Trinajstić information content (AvgIpc) is 2.38. The highest BCUT2D eigenvalue weighted by atomic mass is 32.2. The van der Waals surface area contributed by atoms with E-state index in [1.165, 1.54) is 7.11 Å². The van der Waals surface area contributed by atoms with Crippen LogP contribution >= 0.6 is 11.8 Å². The van der Waals surface area contributed by atoms with E-state index in [-0.39, 0.29) is 5.97 Å². The van der Waals surface area contributed by atoms with Crippen molar-refractivity contribution in [3.05, 3.63) is 0 Å². The maximum atomic E-state index is 10.9. The smallest absolute Gasteiger partial charge is 0.469 e. The minimum absolute atomic E-state index is 0.160. The minimum atomic E-state index is -2.41. The number of thioether (sulfide) groups is 1. The Labute approximate surface area is 109 Å². The van der Waals surface area contributed by atoms with Crippen molar-refractivity contribution in [1.29, 1.82) is 0 Å². The van der Waals surface area contributed by atoms with Crippen molar-refractivity contribution in [2.24, 2.45) is 0 Å². The lowest BCUT2D eigenvalue weighted by Crippen LogP contribution is -2.42. The fourth-order valence-corrected chi connectivity index (χ4v) is 4.15. The first-order valence-electron chi connectivity index (χ1n) is 5.44. The Morgan fingerprint density at radius 1 is 1.06 bits per heavy atom. The third-order valence-corrected chi connectivity index (χ3v) is 6.28. The van der Waals surface area contributed by atoms with Crippen molar-refractivity contribution >= 4 is 26.5 Å². The first-order valence-corrected chi connectivity index (χ1v) is 8.52. The molecule has 0 fully saturated rings. The fourth-order valence-electron chi connectivity index (χ4n) is 1.31. The topological polar surface area (TPSA) is 54.0 Å². The first-order chi connectivity index (χ1) is 8.14. The maximum absolute atomic E-state index is 10.9. The van der Waals surface area contributed by atoms with Gasteiger partial charge in [-0.2, -0.15) is 11.8 Å². The van der Waals surface area contributed by atoms with Gasteiger partial charge in [0.15, 0.2) is 0 Å². The van der Waals surface area contributed by atoms with E-state index in [1.807, 2.05) is 0 Å². The summed E-state index contributed by atoms with van der Waals surface area (Å²) < 4.78 is 20.5. The van der Waals surface area contributed by atoms with Gasteiger partial charge in [-0.25, -0.2) is 0 Å². The molecule has 0 radical (unpaired) electrons. The molecule has 17 heavy (non-hydrogen) atoms. The number of carbonyl (C=O) groups is 1. The number of hydrogen-bond acceptors (Lipinski definition) is 6. The molecular weight excluding hydrogens is 260 g/mol. The van der Waals surface area contributed by atoms with Crippen molar-refractivity contribution in [2.45, 2.75) is 18.9 Å². The van der Waals surface area contributed by atoms with Gasteiger partial charge in [-0.1, -0.05) is 0 Å². The van der Waals surface area contributed by atoms with E-state index in [0.29, 0.717) is 6.42 Å². The summed E-state index contributed by atoms with van der Waals surface area (Å²) in [6.45, 7) is 0. The average molecular weight is 282 g/mol. The molecule has 0 unspecified atom stereocenters. The predicted octanol–water partition coefficient (Wildman–Crippen LogP) is 1.55. The van der Waals surface area contributed by atoms with Gasteiger partial charge in [0.1, 0.15) is 0 Å². The van der Waals surface area contributed by atoms with Crippen molar-refractivity contribution in [3.8, 4) is 0 Å². The molecule has 0 spiro atoms. The van der Waals surface area contributed by atoms with Crippen molar-refractivity contribution in [3.63, 3.8) is 0 Å². The molecule has 0 saturated carbocycles. The highest BCUT2D eigenvalue weighted by Gasteiger charge is 2.36. The van der Waals surface area contributed by atoms with E-state index >= 15 is 0 Å². The molecule has 0 bridgehead atoms. The van der Waals surface area contributed by atoms with Crippen LogP contribution in [0.4, 0.5) is 0 Å². The SMILES string of the molecule is COC(=O)CCSCCC[Si](OC)(OC)OC. The molecular formula is C10H22O5SSi. The Bertz CT molecular complexity index is 203. The molecule has 0 heterocycles. The molecule has 0 aliphatic carbocycles. The first kappa shape index (κ1) is 16.9. The van der Waals surface area contributed by atoms with Crippen LogP contribution in [-0.4, -0.2) is 54.7 Å². The Balaban J connectivity index is 3.59. The van der Waals surface area contributed by atoms with E-state index in [9.17, 15) is 4.79 Å². The quantitative estimate of drug-likeness (QED) is 0.344. The van der Waals surface area contributed by atoms with Crippen LogP contribution in [0.15, 0.2) is 0 Å². The maximum Gasteiger partial charge on any atom is 0.500 e. The summed E-state index contributed by atoms with van der Waals surface area (Å²) in [6.07, 6.45) is 1.41. The lowest BCUT2D eigenvalue weighted by atomic mass is 10.5. The minimum Gasteiger partial charge on any atom is -0.469 e. The summed E-state index contributed by atoms with van der Waals surface area (Å²) in [6, 6.07) is 0.793. The van der Waals surface area contributed by atoms with Crippen LogP contribution in [0, 0.1) is 0 Å². The Hall–Kier alpha value is -0.0831. The van der Waals surface area contributed by atoms with Gasteiger partial charge in [0, 0.05) is 33.1 Å². The molecule has 0 atom stereocenters. The zero-order valence-electron chi connectivity index (χ0n) is 11.0. The Morgan fingerprint density at radius 3 is 2.12 bits per heavy atom. The van der Waals surface area contributed by atoms with Crippen LogP contribution < -0.4 is 0 Å². The van der Waals surface area contributed by atoms with Crippen LogP contribution in [0.5, 0.6) is 0 Å². The molecule has 0 rings (SSSR count). The molecule has 0 aliphatic heterocycles. The van der Waals surface area contributed by atoms with E-state index in [0.717, 1.165) is 24.0 Å². The molecule has 0 aromatic rings. The second kappa shape index (κ2) is 9.90. The van der Waals surface area contributed by atoms with Crippen LogP contribution in [0.1, 0.15) is 12.8 Å². The third-order valence-electron chi connectivity index (χ3n) is 2.38. The van der Waals surface area contributed by atoms with E-state index in [1.54, 1.807) is 33.1 Å². The normalized spacial score (nSPS) is 11.5. The highest BCUT2D eigenvalue weighted by Crippen LogP contribution is 2.17. The van der Waals surface area contributed by atoms with Gasteiger partial charge in [0.05, 0.1) is 13.5 Å². The Morgan fingerprint density at radius 2 is 1.65 bits per heavy atom. The lowest BCUT2D eigenvalue weighted by molar-refractivity contribution is -0.140. The van der Waals surface area contributed by atoms with Gasteiger partial charge in [-0.3, -0.25) is 4.79 Å². The summed E-state index contributed by atoms with van der Waals surface area (Å²) in [5, 5.41) is 0. The predicted molar refractivity (Wildman–Crippen MR) is 70.2 cm³/mol.